The number of allylic oxidation sites excluding steroid dienone is 1. The van der Waals surface area contributed by atoms with Crippen LogP contribution in [0.3, 0.4) is 0 Å². The number of carbonyl (C=O) groups is 6. The van der Waals surface area contributed by atoms with Crippen molar-refractivity contribution < 1.29 is 62.7 Å². The molecule has 2 aliphatic heterocycles. The maximum absolute atomic E-state index is 14.6. The van der Waals surface area contributed by atoms with Crippen LogP contribution in [0.25, 0.3) is 0 Å². The Bertz CT molecular complexity index is 1970. The molecule has 9 rings (SSSR count). The molecule has 5 fully saturated rings. The Morgan fingerprint density at radius 1 is 0.925 bits per heavy atom. The number of aliphatic hydroxyl groups is 2. The van der Waals surface area contributed by atoms with E-state index in [1.165, 1.54) is 27.0 Å². The number of ether oxygens (including phenoxy) is 5. The van der Waals surface area contributed by atoms with Gasteiger partial charge >= 0.3 is 29.8 Å². The molecule has 0 aromatic heterocycles. The molecule has 12 atom stereocenters. The molecule has 0 saturated heterocycles. The van der Waals surface area contributed by atoms with E-state index in [4.69, 9.17) is 23.7 Å². The van der Waals surface area contributed by atoms with Crippen LogP contribution in [-0.2, 0) is 52.5 Å². The predicted molar refractivity (Wildman–Crippen MR) is 179 cm³/mol. The number of aliphatic hydroxyl groups excluding tert-OH is 1. The van der Waals surface area contributed by atoms with Crippen molar-refractivity contribution in [2.24, 2.45) is 52.3 Å². The monoisotopic (exact) mass is 732 g/mol. The molecule has 0 radical (unpaired) electrons. The molecule has 0 aromatic rings. The van der Waals surface area contributed by atoms with Gasteiger partial charge in [0, 0.05) is 34.0 Å². The van der Waals surface area contributed by atoms with Crippen LogP contribution in [0, 0.1) is 52.3 Å². The summed E-state index contributed by atoms with van der Waals surface area (Å²) in [4.78, 5) is 80.8. The fourth-order valence-corrected chi connectivity index (χ4v) is 12.7. The molecular formula is C40H44O13. The molecule has 2 bridgehead atoms. The lowest BCUT2D eigenvalue weighted by atomic mass is 9.42. The number of fused-ring (bicyclic) bond motifs is 7. The molecule has 2 N–H and O–H groups in total. The highest BCUT2D eigenvalue weighted by Gasteiger charge is 2.84. The Balaban J connectivity index is 1.27. The zero-order chi connectivity index (χ0) is 37.7. The molecule has 282 valence electrons. The van der Waals surface area contributed by atoms with Crippen molar-refractivity contribution in [3.05, 3.63) is 45.1 Å². The summed E-state index contributed by atoms with van der Waals surface area (Å²) in [5.41, 5.74) is -1.89. The number of carbonyl (C=O) groups excluding carboxylic acids is 6. The largest absolute Gasteiger partial charge is 0.466 e. The van der Waals surface area contributed by atoms with E-state index < -0.39 is 88.1 Å². The standard InChI is InChI=1S/C40H44O13/c1-16-8-9-50-27(41)6-7-28(42)51-14-20-22-13-25-37(3,23-12-24(23)39(25,48)15-52-34(16)45)26-11-19-18-10-21(18)38(4)30(19)31(40(22,26)53-36(20)47)29(32(43)33(38)44)17(2)35(46)49-5/h8,18,21,23-26,31,33,44,48H,6-7,9-15H2,1-5H3/b16-8+,29-17-/t18-,21-,23-,24+,25-,26+,31?,33+,37+,38+,39+,40+/m1/s1. The number of Topliss-reactive ketones (excluding diaryl/α,β-unsaturated/α-hetero) is 1. The molecule has 13 heteroatoms. The first-order valence-corrected chi connectivity index (χ1v) is 18.6. The smallest absolute Gasteiger partial charge is 0.338 e. The fraction of sp³-hybridized carbons (Fsp3) is 0.650. The lowest BCUT2D eigenvalue weighted by molar-refractivity contribution is -0.191. The average molecular weight is 733 g/mol. The van der Waals surface area contributed by atoms with Crippen molar-refractivity contribution in [2.45, 2.75) is 83.5 Å². The summed E-state index contributed by atoms with van der Waals surface area (Å²) in [5.74, 6) is -6.28. The summed E-state index contributed by atoms with van der Waals surface area (Å²) in [6.07, 6.45) is 1.42. The lowest BCUT2D eigenvalue weighted by Crippen LogP contribution is -2.67. The third-order valence-electron chi connectivity index (χ3n) is 15.2. The van der Waals surface area contributed by atoms with Gasteiger partial charge in [0.05, 0.1) is 31.4 Å². The summed E-state index contributed by atoms with van der Waals surface area (Å²) in [6, 6.07) is 0. The molecule has 5 saturated carbocycles. The first kappa shape index (κ1) is 34.7. The van der Waals surface area contributed by atoms with E-state index in [-0.39, 0.29) is 78.4 Å². The molecule has 9 aliphatic rings. The second-order valence-corrected chi connectivity index (χ2v) is 17.2. The number of rotatable bonds is 1. The molecule has 1 unspecified atom stereocenters. The molecule has 7 aliphatic carbocycles. The maximum atomic E-state index is 14.6. The second-order valence-electron chi connectivity index (χ2n) is 17.2. The fourth-order valence-electron chi connectivity index (χ4n) is 12.7. The first-order chi connectivity index (χ1) is 25.1. The molecule has 0 amide bonds. The van der Waals surface area contributed by atoms with Crippen molar-refractivity contribution >= 4 is 35.6 Å². The molecular weight excluding hydrogens is 688 g/mol. The van der Waals surface area contributed by atoms with Gasteiger partial charge in [-0.3, -0.25) is 14.4 Å². The summed E-state index contributed by atoms with van der Waals surface area (Å²) < 4.78 is 28.4. The minimum atomic E-state index is -1.51. The molecule has 2 heterocycles. The number of esters is 5. The van der Waals surface area contributed by atoms with Gasteiger partial charge in [-0.2, -0.15) is 0 Å². The molecule has 13 nitrogen and oxygen atoms in total. The van der Waals surface area contributed by atoms with E-state index in [0.717, 1.165) is 17.6 Å². The molecule has 53 heavy (non-hydrogen) atoms. The summed E-state index contributed by atoms with van der Waals surface area (Å²) in [7, 11) is 1.22. The summed E-state index contributed by atoms with van der Waals surface area (Å²) >= 11 is 0. The van der Waals surface area contributed by atoms with Crippen LogP contribution in [0.2, 0.25) is 0 Å². The lowest BCUT2D eigenvalue weighted by Gasteiger charge is -2.63. The zero-order valence-electron chi connectivity index (χ0n) is 30.4. The predicted octanol–water partition coefficient (Wildman–Crippen LogP) is 2.38. The first-order valence-electron chi connectivity index (χ1n) is 18.6. The van der Waals surface area contributed by atoms with E-state index in [1.807, 2.05) is 6.92 Å². The Labute approximate surface area is 305 Å². The van der Waals surface area contributed by atoms with Gasteiger partial charge in [-0.15, -0.1) is 0 Å². The minimum absolute atomic E-state index is 0.00160. The van der Waals surface area contributed by atoms with E-state index in [0.29, 0.717) is 18.4 Å². The van der Waals surface area contributed by atoms with Gasteiger partial charge in [-0.1, -0.05) is 19.4 Å². The van der Waals surface area contributed by atoms with Crippen LogP contribution < -0.4 is 0 Å². The highest BCUT2D eigenvalue weighted by molar-refractivity contribution is 6.09. The third-order valence-corrected chi connectivity index (χ3v) is 15.2. The summed E-state index contributed by atoms with van der Waals surface area (Å²) in [5, 5.41) is 24.6. The van der Waals surface area contributed by atoms with Crippen molar-refractivity contribution in [2.75, 3.05) is 26.9 Å². The average Bonchev–Trinajstić information content (AvgIpc) is 4.05. The Morgan fingerprint density at radius 3 is 2.36 bits per heavy atom. The van der Waals surface area contributed by atoms with Gasteiger partial charge < -0.3 is 33.9 Å². The van der Waals surface area contributed by atoms with Crippen molar-refractivity contribution in [3.8, 4) is 0 Å². The third kappa shape index (κ3) is 4.21. The van der Waals surface area contributed by atoms with Crippen LogP contribution in [-0.4, -0.2) is 90.1 Å². The van der Waals surface area contributed by atoms with Gasteiger partial charge in [-0.05, 0) is 85.8 Å². The van der Waals surface area contributed by atoms with Gasteiger partial charge in [0.1, 0.15) is 37.1 Å². The van der Waals surface area contributed by atoms with Crippen molar-refractivity contribution in [1.29, 1.82) is 0 Å². The quantitative estimate of drug-likeness (QED) is 0.173. The maximum Gasteiger partial charge on any atom is 0.338 e. The van der Waals surface area contributed by atoms with Crippen LogP contribution in [0.15, 0.2) is 45.1 Å². The Hall–Kier alpha value is -4.10. The van der Waals surface area contributed by atoms with Gasteiger partial charge in [-0.25, -0.2) is 14.4 Å². The van der Waals surface area contributed by atoms with Crippen LogP contribution in [0.5, 0.6) is 0 Å². The van der Waals surface area contributed by atoms with E-state index in [9.17, 15) is 39.0 Å². The SMILES string of the molecule is COC(=O)/C(C)=C1\C(=O)[C@H](O)[C@]2(C)C3=C(C[C@H]4[C@@]5(C)[C@@H]6C[C@@H]6[C@@]6(O)COC(=O)/C(C)=C/COC(=O)CCC(=O)OCC7=C(C[C@@H]65)[C@@]4(OC7=O)C31)[C@H]1C[C@H]12. The molecule has 1 spiro atoms. The number of hydrogen-bond acceptors (Lipinski definition) is 13. The number of ketones is 1. The highest BCUT2D eigenvalue weighted by Crippen LogP contribution is 2.83. The van der Waals surface area contributed by atoms with Crippen molar-refractivity contribution in [1.82, 2.24) is 0 Å². The molecule has 0 aromatic carbocycles. The number of hydrogen-bond donors (Lipinski definition) is 2. The summed E-state index contributed by atoms with van der Waals surface area (Å²) in [6.45, 7) is 6.06. The minimum Gasteiger partial charge on any atom is -0.466 e. The Kier molecular flexibility index (Phi) is 7.19. The van der Waals surface area contributed by atoms with E-state index in [2.05, 4.69) is 6.92 Å². The zero-order valence-corrected chi connectivity index (χ0v) is 30.4. The second kappa shape index (κ2) is 11.0. The van der Waals surface area contributed by atoms with Gasteiger partial charge in [0.2, 0.25) is 0 Å². The highest BCUT2D eigenvalue weighted by atomic mass is 16.6. The normalized spacial score (nSPS) is 47.3. The van der Waals surface area contributed by atoms with Crippen LogP contribution in [0.1, 0.15) is 66.2 Å². The van der Waals surface area contributed by atoms with Crippen LogP contribution in [0.4, 0.5) is 0 Å². The van der Waals surface area contributed by atoms with E-state index in [1.54, 1.807) is 0 Å². The van der Waals surface area contributed by atoms with Gasteiger partial charge in [0.15, 0.2) is 5.78 Å². The number of cyclic esters (lactones) is 3. The topological polar surface area (TPSA) is 189 Å². The van der Waals surface area contributed by atoms with Gasteiger partial charge in [0.25, 0.3) is 0 Å². The van der Waals surface area contributed by atoms with E-state index >= 15 is 0 Å². The Morgan fingerprint density at radius 2 is 1.64 bits per heavy atom. The van der Waals surface area contributed by atoms with Crippen LogP contribution >= 0.6 is 0 Å². The van der Waals surface area contributed by atoms with Crippen molar-refractivity contribution in [3.63, 3.8) is 0 Å². The number of methoxy groups -OCH3 is 1.